The maximum atomic E-state index is 13.0. The predicted octanol–water partition coefficient (Wildman–Crippen LogP) is 2.44. The Hall–Kier alpha value is -2.28. The average molecular weight is 368 g/mol. The quantitative estimate of drug-likeness (QED) is 0.828. The molecule has 2 saturated heterocycles. The van der Waals surface area contributed by atoms with Gasteiger partial charge in [-0.3, -0.25) is 9.78 Å². The minimum absolute atomic E-state index is 0.00302. The number of rotatable bonds is 3. The van der Waals surface area contributed by atoms with E-state index in [0.717, 1.165) is 50.8 Å². The molecule has 7 nitrogen and oxygen atoms in total. The highest BCUT2D eigenvalue weighted by molar-refractivity contribution is 5.79. The second kappa shape index (κ2) is 6.71. The summed E-state index contributed by atoms with van der Waals surface area (Å²) in [7, 11) is 0. The minimum Gasteiger partial charge on any atom is -0.381 e. The Labute approximate surface area is 158 Å². The third-order valence-corrected chi connectivity index (χ3v) is 6.46. The molecular formula is C20H24N4O3. The molecular weight excluding hydrogens is 344 g/mol. The van der Waals surface area contributed by atoms with Gasteiger partial charge < -0.3 is 14.2 Å². The van der Waals surface area contributed by atoms with Gasteiger partial charge in [-0.2, -0.15) is 4.98 Å². The normalized spacial score (nSPS) is 30.4. The van der Waals surface area contributed by atoms with E-state index in [4.69, 9.17) is 14.2 Å². The topological polar surface area (TPSA) is 81.4 Å². The summed E-state index contributed by atoms with van der Waals surface area (Å²) in [6, 6.07) is 3.79. The van der Waals surface area contributed by atoms with Gasteiger partial charge >= 0.3 is 0 Å². The molecule has 0 unspecified atom stereocenters. The summed E-state index contributed by atoms with van der Waals surface area (Å²) < 4.78 is 11.3. The Bertz CT molecular complexity index is 818. The molecule has 142 valence electrons. The van der Waals surface area contributed by atoms with Gasteiger partial charge in [-0.05, 0) is 43.7 Å². The van der Waals surface area contributed by atoms with Crippen molar-refractivity contribution in [2.75, 3.05) is 26.3 Å². The van der Waals surface area contributed by atoms with Crippen LogP contribution < -0.4 is 0 Å². The molecule has 7 heteroatoms. The van der Waals surface area contributed by atoms with E-state index in [-0.39, 0.29) is 17.2 Å². The molecule has 1 aliphatic carbocycles. The molecule has 0 spiro atoms. The van der Waals surface area contributed by atoms with Gasteiger partial charge in [-0.15, -0.1) is 0 Å². The number of ether oxygens (including phenoxy) is 1. The second-order valence-electron chi connectivity index (χ2n) is 8.04. The second-order valence-corrected chi connectivity index (χ2v) is 8.04. The molecule has 3 fully saturated rings. The molecule has 0 N–H and O–H groups in total. The average Bonchev–Trinajstić information content (AvgIpc) is 3.43. The molecule has 0 bridgehead atoms. The number of carbonyl (C=O) groups excluding carboxylic acids is 1. The predicted molar refractivity (Wildman–Crippen MR) is 96.7 cm³/mol. The molecule has 27 heavy (non-hydrogen) atoms. The van der Waals surface area contributed by atoms with Gasteiger partial charge in [-0.25, -0.2) is 0 Å². The van der Waals surface area contributed by atoms with Crippen LogP contribution >= 0.6 is 0 Å². The first-order chi connectivity index (χ1) is 13.3. The van der Waals surface area contributed by atoms with Crippen LogP contribution in [-0.4, -0.2) is 52.2 Å². The molecule has 4 heterocycles. The first-order valence-electron chi connectivity index (χ1n) is 9.87. The number of amides is 1. The van der Waals surface area contributed by atoms with Gasteiger partial charge in [0.25, 0.3) is 0 Å². The number of hydrogen-bond donors (Lipinski definition) is 0. The zero-order valence-corrected chi connectivity index (χ0v) is 15.3. The molecule has 5 rings (SSSR count). The summed E-state index contributed by atoms with van der Waals surface area (Å²) >= 11 is 0. The zero-order chi connectivity index (χ0) is 18.3. The van der Waals surface area contributed by atoms with Gasteiger partial charge in [0.05, 0.1) is 17.9 Å². The lowest BCUT2D eigenvalue weighted by atomic mass is 9.80. The molecule has 3 atom stereocenters. The van der Waals surface area contributed by atoms with Crippen LogP contribution in [0.25, 0.3) is 11.4 Å². The molecule has 0 radical (unpaired) electrons. The van der Waals surface area contributed by atoms with Crippen LogP contribution in [0.5, 0.6) is 0 Å². The standard InChI is InChI=1S/C20H24N4O3/c25-18(15-5-3-9-26-12-15)24-11-16-6-1-7-20(16,13-24)19-22-17(23-27-19)14-4-2-8-21-10-14/h2,4,8,10,15-16H,1,3,5-7,9,11-13H2/t15-,16-,20-/m1/s1. The van der Waals surface area contributed by atoms with Crippen LogP contribution in [0.4, 0.5) is 0 Å². The Morgan fingerprint density at radius 3 is 3.07 bits per heavy atom. The number of nitrogens with zero attached hydrogens (tertiary/aromatic N) is 4. The van der Waals surface area contributed by atoms with E-state index < -0.39 is 0 Å². The van der Waals surface area contributed by atoms with Crippen molar-refractivity contribution in [3.05, 3.63) is 30.4 Å². The lowest BCUT2D eigenvalue weighted by Gasteiger charge is -2.28. The van der Waals surface area contributed by atoms with Crippen molar-refractivity contribution >= 4 is 5.91 Å². The van der Waals surface area contributed by atoms with Gasteiger partial charge in [0.2, 0.25) is 17.6 Å². The third-order valence-electron chi connectivity index (χ3n) is 6.46. The minimum atomic E-state index is -0.196. The van der Waals surface area contributed by atoms with E-state index in [2.05, 4.69) is 10.1 Å². The molecule has 1 amide bonds. The maximum absolute atomic E-state index is 13.0. The third kappa shape index (κ3) is 2.84. The first-order valence-corrected chi connectivity index (χ1v) is 9.87. The van der Waals surface area contributed by atoms with Gasteiger partial charge in [0.1, 0.15) is 0 Å². The molecule has 1 saturated carbocycles. The van der Waals surface area contributed by atoms with E-state index in [1.807, 2.05) is 17.0 Å². The fourth-order valence-corrected chi connectivity index (χ4v) is 5.04. The maximum Gasteiger partial charge on any atom is 0.235 e. The number of fused-ring (bicyclic) bond motifs is 1. The largest absolute Gasteiger partial charge is 0.381 e. The fraction of sp³-hybridized carbons (Fsp3) is 0.600. The van der Waals surface area contributed by atoms with E-state index in [0.29, 0.717) is 30.8 Å². The van der Waals surface area contributed by atoms with Crippen LogP contribution in [0.1, 0.15) is 38.0 Å². The summed E-state index contributed by atoms with van der Waals surface area (Å²) in [6.07, 6.45) is 8.62. The number of aromatic nitrogens is 3. The summed E-state index contributed by atoms with van der Waals surface area (Å²) in [4.78, 5) is 23.9. The lowest BCUT2D eigenvalue weighted by Crippen LogP contribution is -2.40. The monoisotopic (exact) mass is 368 g/mol. The highest BCUT2D eigenvalue weighted by atomic mass is 16.5. The zero-order valence-electron chi connectivity index (χ0n) is 15.3. The molecule has 3 aliphatic rings. The number of hydrogen-bond acceptors (Lipinski definition) is 6. The van der Waals surface area contributed by atoms with Crippen LogP contribution in [0.2, 0.25) is 0 Å². The SMILES string of the molecule is O=C([C@@H]1CCCOC1)N1C[C@H]2CCC[C@@]2(c2nc(-c3cccnc3)no2)C1. The molecule has 2 aliphatic heterocycles. The van der Waals surface area contributed by atoms with Gasteiger partial charge in [-0.1, -0.05) is 11.6 Å². The van der Waals surface area contributed by atoms with Gasteiger partial charge in [0.15, 0.2) is 0 Å². The number of carbonyl (C=O) groups is 1. The van der Waals surface area contributed by atoms with Crippen molar-refractivity contribution in [2.24, 2.45) is 11.8 Å². The summed E-state index contributed by atoms with van der Waals surface area (Å²) in [5.41, 5.74) is 0.655. The van der Waals surface area contributed by atoms with Crippen molar-refractivity contribution in [3.8, 4) is 11.4 Å². The molecule has 0 aromatic carbocycles. The summed E-state index contributed by atoms with van der Waals surface area (Å²) in [6.45, 7) is 2.80. The van der Waals surface area contributed by atoms with Crippen molar-refractivity contribution < 1.29 is 14.1 Å². The Kier molecular flexibility index (Phi) is 4.19. The summed E-state index contributed by atoms with van der Waals surface area (Å²) in [5.74, 6) is 1.88. The van der Waals surface area contributed by atoms with Crippen LogP contribution in [0.3, 0.4) is 0 Å². The van der Waals surface area contributed by atoms with E-state index in [9.17, 15) is 4.79 Å². The fourth-order valence-electron chi connectivity index (χ4n) is 5.04. The van der Waals surface area contributed by atoms with E-state index in [1.54, 1.807) is 12.4 Å². The van der Waals surface area contributed by atoms with Crippen molar-refractivity contribution in [1.29, 1.82) is 0 Å². The van der Waals surface area contributed by atoms with E-state index in [1.165, 1.54) is 0 Å². The Balaban J connectivity index is 1.40. The van der Waals surface area contributed by atoms with Gasteiger partial charge in [0, 0.05) is 37.7 Å². The van der Waals surface area contributed by atoms with Crippen molar-refractivity contribution in [3.63, 3.8) is 0 Å². The molecule has 2 aromatic heterocycles. The van der Waals surface area contributed by atoms with Crippen molar-refractivity contribution in [2.45, 2.75) is 37.5 Å². The molecule has 2 aromatic rings. The summed E-state index contributed by atoms with van der Waals surface area (Å²) in [5, 5.41) is 4.20. The van der Waals surface area contributed by atoms with E-state index >= 15 is 0 Å². The lowest BCUT2D eigenvalue weighted by molar-refractivity contribution is -0.139. The first kappa shape index (κ1) is 16.9. The Morgan fingerprint density at radius 1 is 1.30 bits per heavy atom. The van der Waals surface area contributed by atoms with Crippen LogP contribution in [-0.2, 0) is 14.9 Å². The highest BCUT2D eigenvalue weighted by Crippen LogP contribution is 2.50. The van der Waals surface area contributed by atoms with Crippen LogP contribution in [0, 0.1) is 11.8 Å². The van der Waals surface area contributed by atoms with Crippen LogP contribution in [0.15, 0.2) is 29.0 Å². The van der Waals surface area contributed by atoms with Crippen molar-refractivity contribution in [1.82, 2.24) is 20.0 Å². The highest BCUT2D eigenvalue weighted by Gasteiger charge is 2.55. The smallest absolute Gasteiger partial charge is 0.235 e. The number of likely N-dealkylation sites (tertiary alicyclic amines) is 1. The Morgan fingerprint density at radius 2 is 2.26 bits per heavy atom. The number of pyridine rings is 1.